The van der Waals surface area contributed by atoms with E-state index in [0.29, 0.717) is 24.0 Å². The number of methoxy groups -OCH3 is 1. The van der Waals surface area contributed by atoms with Crippen molar-refractivity contribution >= 4 is 40.5 Å². The highest BCUT2D eigenvalue weighted by Crippen LogP contribution is 2.35. The van der Waals surface area contributed by atoms with E-state index in [4.69, 9.17) is 14.2 Å². The Morgan fingerprint density at radius 1 is 1.29 bits per heavy atom. The van der Waals surface area contributed by atoms with Gasteiger partial charge in [-0.3, -0.25) is 0 Å². The van der Waals surface area contributed by atoms with E-state index in [0.717, 1.165) is 25.8 Å². The molecule has 144 valence electrons. The van der Waals surface area contributed by atoms with Crippen molar-refractivity contribution in [3.8, 4) is 11.5 Å². The fraction of sp³-hybridized carbons (Fsp3) is 0.182. The number of ether oxygens (including phenoxy) is 3. The minimum absolute atomic E-state index is 0.240. The van der Waals surface area contributed by atoms with E-state index in [1.165, 1.54) is 0 Å². The Morgan fingerprint density at radius 2 is 2.00 bits per heavy atom. The van der Waals surface area contributed by atoms with Gasteiger partial charge >= 0.3 is 5.97 Å². The van der Waals surface area contributed by atoms with Crippen molar-refractivity contribution in [3.05, 3.63) is 74.5 Å². The van der Waals surface area contributed by atoms with Gasteiger partial charge in [0.15, 0.2) is 17.2 Å². The number of hydrogen-bond donors (Lipinski definition) is 0. The van der Waals surface area contributed by atoms with Crippen LogP contribution in [0.15, 0.2) is 59.2 Å². The monoisotopic (exact) mass is 489 g/mol. The first-order chi connectivity index (χ1) is 13.4. The molecular weight excluding hydrogens is 469 g/mol. The number of benzene rings is 2. The minimum atomic E-state index is -0.479. The van der Waals surface area contributed by atoms with E-state index in [2.05, 4.69) is 34.2 Å². The van der Waals surface area contributed by atoms with Gasteiger partial charge in [-0.1, -0.05) is 24.3 Å². The van der Waals surface area contributed by atoms with Crippen LogP contribution in [0.5, 0.6) is 11.5 Å². The van der Waals surface area contributed by atoms with Gasteiger partial charge in [0, 0.05) is 5.56 Å². The van der Waals surface area contributed by atoms with Gasteiger partial charge in [0.05, 0.1) is 10.7 Å². The van der Waals surface area contributed by atoms with E-state index < -0.39 is 5.97 Å². The maximum Gasteiger partial charge on any atom is 0.363 e. The molecule has 0 N–H and O–H groups in total. The standard InChI is InChI=1S/C22H20INO4/c1-13(2)12-27-20-17(23)9-15(11-19(20)26-4)10-18-22(25)28-21(24-18)16-7-5-14(3)6-8-16/h5-11H,1,12H2,2-4H3/b18-10-. The molecule has 0 unspecified atom stereocenters. The summed E-state index contributed by atoms with van der Waals surface area (Å²) in [6.07, 6.45) is 1.68. The molecule has 2 aromatic carbocycles. The second kappa shape index (κ2) is 8.60. The molecule has 5 nitrogen and oxygen atoms in total. The van der Waals surface area contributed by atoms with Crippen LogP contribution in [0.2, 0.25) is 0 Å². The van der Waals surface area contributed by atoms with Crippen molar-refractivity contribution in [2.24, 2.45) is 4.99 Å². The van der Waals surface area contributed by atoms with E-state index in [-0.39, 0.29) is 5.70 Å². The molecule has 0 fully saturated rings. The second-order valence-electron chi connectivity index (χ2n) is 6.48. The third-order valence-corrected chi connectivity index (χ3v) is 4.74. The summed E-state index contributed by atoms with van der Waals surface area (Å²) in [5, 5.41) is 0. The highest BCUT2D eigenvalue weighted by atomic mass is 127. The third-order valence-electron chi connectivity index (χ3n) is 3.94. The first-order valence-electron chi connectivity index (χ1n) is 8.61. The molecule has 0 aromatic heterocycles. The lowest BCUT2D eigenvalue weighted by Gasteiger charge is -2.13. The van der Waals surface area contributed by atoms with Gasteiger partial charge in [0.1, 0.15) is 6.61 Å². The predicted octanol–water partition coefficient (Wildman–Crippen LogP) is 4.91. The van der Waals surface area contributed by atoms with Crippen molar-refractivity contribution in [2.75, 3.05) is 13.7 Å². The smallest absolute Gasteiger partial charge is 0.363 e. The molecule has 0 saturated carbocycles. The normalized spacial score (nSPS) is 14.6. The summed E-state index contributed by atoms with van der Waals surface area (Å²) in [6, 6.07) is 11.4. The van der Waals surface area contributed by atoms with Crippen molar-refractivity contribution in [1.82, 2.24) is 0 Å². The van der Waals surface area contributed by atoms with Crippen molar-refractivity contribution in [2.45, 2.75) is 13.8 Å². The Balaban J connectivity index is 1.91. The molecule has 0 bridgehead atoms. The van der Waals surface area contributed by atoms with Crippen LogP contribution in [0.3, 0.4) is 0 Å². The topological polar surface area (TPSA) is 57.1 Å². The van der Waals surface area contributed by atoms with Crippen molar-refractivity contribution in [3.63, 3.8) is 0 Å². The van der Waals surface area contributed by atoms with Gasteiger partial charge in [-0.05, 0) is 77.9 Å². The quantitative estimate of drug-likeness (QED) is 0.251. The Morgan fingerprint density at radius 3 is 2.64 bits per heavy atom. The van der Waals surface area contributed by atoms with Crippen LogP contribution >= 0.6 is 22.6 Å². The van der Waals surface area contributed by atoms with Crippen molar-refractivity contribution in [1.29, 1.82) is 0 Å². The molecule has 0 spiro atoms. The number of cyclic esters (lactones) is 1. The minimum Gasteiger partial charge on any atom is -0.493 e. The molecule has 3 rings (SSSR count). The summed E-state index contributed by atoms with van der Waals surface area (Å²) >= 11 is 2.17. The number of nitrogens with zero attached hydrogens (tertiary/aromatic N) is 1. The van der Waals surface area contributed by atoms with Gasteiger partial charge in [-0.25, -0.2) is 9.79 Å². The van der Waals surface area contributed by atoms with Gasteiger partial charge in [-0.2, -0.15) is 0 Å². The van der Waals surface area contributed by atoms with Crippen LogP contribution in [-0.2, 0) is 9.53 Å². The summed E-state index contributed by atoms with van der Waals surface area (Å²) in [5.74, 6) is 1.05. The molecule has 0 radical (unpaired) electrons. The van der Waals surface area contributed by atoms with Crippen LogP contribution in [0.4, 0.5) is 0 Å². The zero-order valence-electron chi connectivity index (χ0n) is 15.9. The average molecular weight is 489 g/mol. The zero-order valence-corrected chi connectivity index (χ0v) is 18.1. The first kappa shape index (κ1) is 20.1. The van der Waals surface area contributed by atoms with E-state index in [1.54, 1.807) is 19.3 Å². The lowest BCUT2D eigenvalue weighted by molar-refractivity contribution is -0.129. The van der Waals surface area contributed by atoms with E-state index >= 15 is 0 Å². The first-order valence-corrected chi connectivity index (χ1v) is 9.69. The molecule has 0 amide bonds. The van der Waals surface area contributed by atoms with Gasteiger partial charge < -0.3 is 14.2 Å². The lowest BCUT2D eigenvalue weighted by atomic mass is 10.1. The summed E-state index contributed by atoms with van der Waals surface area (Å²) in [5.41, 5.74) is 3.81. The predicted molar refractivity (Wildman–Crippen MR) is 118 cm³/mol. The van der Waals surface area contributed by atoms with Crippen LogP contribution in [0.25, 0.3) is 6.08 Å². The largest absolute Gasteiger partial charge is 0.493 e. The molecular formula is C22H20INO4. The molecule has 28 heavy (non-hydrogen) atoms. The molecule has 0 aliphatic carbocycles. The third kappa shape index (κ3) is 4.62. The number of carbonyl (C=O) groups excluding carboxylic acids is 1. The molecule has 1 aliphatic heterocycles. The molecule has 0 saturated heterocycles. The second-order valence-corrected chi connectivity index (χ2v) is 7.64. The molecule has 2 aromatic rings. The van der Waals surface area contributed by atoms with Gasteiger partial charge in [0.25, 0.3) is 0 Å². The Labute approximate surface area is 177 Å². The highest BCUT2D eigenvalue weighted by molar-refractivity contribution is 14.1. The average Bonchev–Trinajstić information content (AvgIpc) is 3.01. The number of aryl methyl sites for hydroxylation is 1. The molecule has 1 heterocycles. The maximum atomic E-state index is 12.2. The number of carbonyl (C=O) groups is 1. The van der Waals surface area contributed by atoms with Crippen LogP contribution in [-0.4, -0.2) is 25.6 Å². The summed E-state index contributed by atoms with van der Waals surface area (Å²) in [6.45, 7) is 8.14. The fourth-order valence-electron chi connectivity index (χ4n) is 2.55. The Bertz CT molecular complexity index is 990. The van der Waals surface area contributed by atoms with Gasteiger partial charge in [-0.15, -0.1) is 0 Å². The van der Waals surface area contributed by atoms with Crippen molar-refractivity contribution < 1.29 is 19.0 Å². The number of aliphatic imine (C=N–C) groups is 1. The van der Waals surface area contributed by atoms with E-state index in [9.17, 15) is 4.79 Å². The number of hydrogen-bond acceptors (Lipinski definition) is 5. The Kier molecular flexibility index (Phi) is 6.18. The lowest BCUT2D eigenvalue weighted by Crippen LogP contribution is -2.05. The molecule has 1 aliphatic rings. The maximum absolute atomic E-state index is 12.2. The molecule has 0 atom stereocenters. The van der Waals surface area contributed by atoms with Gasteiger partial charge in [0.2, 0.25) is 5.90 Å². The number of rotatable bonds is 6. The fourth-order valence-corrected chi connectivity index (χ4v) is 3.33. The van der Waals surface area contributed by atoms with Crippen LogP contribution in [0.1, 0.15) is 23.6 Å². The van der Waals surface area contributed by atoms with Crippen LogP contribution < -0.4 is 9.47 Å². The number of halogens is 1. The SMILES string of the molecule is C=C(C)COc1c(I)cc(/C=C2\N=C(c3ccc(C)cc3)OC2=O)cc1OC. The zero-order chi connectivity index (χ0) is 20.3. The highest BCUT2D eigenvalue weighted by Gasteiger charge is 2.24. The summed E-state index contributed by atoms with van der Waals surface area (Å²) < 4.78 is 17.4. The summed E-state index contributed by atoms with van der Waals surface area (Å²) in [7, 11) is 1.58. The van der Waals surface area contributed by atoms with Crippen LogP contribution in [0, 0.1) is 10.5 Å². The van der Waals surface area contributed by atoms with E-state index in [1.807, 2.05) is 44.2 Å². The Hall–Kier alpha value is -2.61. The summed E-state index contributed by atoms with van der Waals surface area (Å²) in [4.78, 5) is 16.6. The number of esters is 1. The molecule has 6 heteroatoms.